The Labute approximate surface area is 145 Å². The molecule has 1 saturated heterocycles. The summed E-state index contributed by atoms with van der Waals surface area (Å²) in [6.07, 6.45) is 10.9. The summed E-state index contributed by atoms with van der Waals surface area (Å²) < 4.78 is 0. The molecule has 3 aromatic rings. The lowest BCUT2D eigenvalue weighted by atomic mass is 9.97. The van der Waals surface area contributed by atoms with Gasteiger partial charge >= 0.3 is 0 Å². The second-order valence-electron chi connectivity index (χ2n) is 6.04. The Kier molecular flexibility index (Phi) is 4.16. The SMILES string of the molecule is O=C(c1cnccn1)N1CC[C@@H](c2ccnc(-c3ccncc3)c2)C1. The number of hydrogen-bond donors (Lipinski definition) is 0. The molecule has 25 heavy (non-hydrogen) atoms. The van der Waals surface area contributed by atoms with Crippen molar-refractivity contribution >= 4 is 5.91 Å². The highest BCUT2D eigenvalue weighted by molar-refractivity contribution is 5.92. The van der Waals surface area contributed by atoms with Crippen LogP contribution < -0.4 is 0 Å². The Hall–Kier alpha value is -3.15. The third kappa shape index (κ3) is 3.24. The lowest BCUT2D eigenvalue weighted by molar-refractivity contribution is 0.0784. The third-order valence-corrected chi connectivity index (χ3v) is 4.49. The van der Waals surface area contributed by atoms with Crippen LogP contribution in [0.1, 0.15) is 28.4 Å². The van der Waals surface area contributed by atoms with Gasteiger partial charge in [0.1, 0.15) is 5.69 Å². The lowest BCUT2D eigenvalue weighted by Gasteiger charge is -2.16. The van der Waals surface area contributed by atoms with Crippen LogP contribution in [0, 0.1) is 0 Å². The highest BCUT2D eigenvalue weighted by Gasteiger charge is 2.28. The Morgan fingerprint density at radius 1 is 1.00 bits per heavy atom. The molecule has 6 nitrogen and oxygen atoms in total. The van der Waals surface area contributed by atoms with Gasteiger partial charge in [-0.25, -0.2) is 4.98 Å². The van der Waals surface area contributed by atoms with Gasteiger partial charge in [0.25, 0.3) is 5.91 Å². The summed E-state index contributed by atoms with van der Waals surface area (Å²) in [5.41, 5.74) is 3.58. The minimum absolute atomic E-state index is 0.0565. The second kappa shape index (κ2) is 6.76. The van der Waals surface area contributed by atoms with Gasteiger partial charge in [-0.1, -0.05) is 0 Å². The fourth-order valence-electron chi connectivity index (χ4n) is 3.17. The quantitative estimate of drug-likeness (QED) is 0.737. The third-order valence-electron chi connectivity index (χ3n) is 4.49. The van der Waals surface area contributed by atoms with Crippen molar-refractivity contribution in [3.63, 3.8) is 0 Å². The average molecular weight is 331 g/mol. The highest BCUT2D eigenvalue weighted by atomic mass is 16.2. The van der Waals surface area contributed by atoms with E-state index in [1.165, 1.54) is 11.8 Å². The molecule has 1 aliphatic heterocycles. The summed E-state index contributed by atoms with van der Waals surface area (Å²) in [6, 6.07) is 8.04. The molecule has 0 aromatic carbocycles. The summed E-state index contributed by atoms with van der Waals surface area (Å²) in [6.45, 7) is 1.42. The molecule has 0 N–H and O–H groups in total. The van der Waals surface area contributed by atoms with Crippen LogP contribution in [0.15, 0.2) is 61.4 Å². The van der Waals surface area contributed by atoms with E-state index < -0.39 is 0 Å². The first-order valence-electron chi connectivity index (χ1n) is 8.23. The number of carbonyl (C=O) groups is 1. The van der Waals surface area contributed by atoms with Crippen molar-refractivity contribution < 1.29 is 4.79 Å². The molecule has 0 bridgehead atoms. The minimum atomic E-state index is -0.0565. The van der Waals surface area contributed by atoms with E-state index in [-0.39, 0.29) is 5.91 Å². The molecule has 0 spiro atoms. The zero-order chi connectivity index (χ0) is 17.1. The van der Waals surface area contributed by atoms with E-state index in [0.29, 0.717) is 18.2 Å². The zero-order valence-corrected chi connectivity index (χ0v) is 13.6. The van der Waals surface area contributed by atoms with E-state index in [1.807, 2.05) is 29.3 Å². The van der Waals surface area contributed by atoms with Crippen molar-refractivity contribution in [2.45, 2.75) is 12.3 Å². The van der Waals surface area contributed by atoms with Gasteiger partial charge in [-0.2, -0.15) is 0 Å². The topological polar surface area (TPSA) is 71.9 Å². The number of amides is 1. The standard InChI is InChI=1S/C19H17N5O/c25-19(18-12-21-8-9-23-18)24-10-4-16(13-24)15-3-7-22-17(11-15)14-1-5-20-6-2-14/h1-3,5-9,11-12,16H,4,10,13H2/t16-/m1/s1. The van der Waals surface area contributed by atoms with Crippen molar-refractivity contribution in [1.82, 2.24) is 24.8 Å². The van der Waals surface area contributed by atoms with Gasteiger partial charge in [-0.3, -0.25) is 19.7 Å². The van der Waals surface area contributed by atoms with Gasteiger partial charge in [-0.05, 0) is 36.2 Å². The van der Waals surface area contributed by atoms with Crippen molar-refractivity contribution in [2.24, 2.45) is 0 Å². The van der Waals surface area contributed by atoms with E-state index in [1.54, 1.807) is 24.8 Å². The molecule has 124 valence electrons. The summed E-state index contributed by atoms with van der Waals surface area (Å²) in [5.74, 6) is 0.253. The van der Waals surface area contributed by atoms with Gasteiger partial charge in [0.05, 0.1) is 11.9 Å². The van der Waals surface area contributed by atoms with Crippen LogP contribution >= 0.6 is 0 Å². The van der Waals surface area contributed by atoms with Crippen LogP contribution in [-0.2, 0) is 0 Å². The molecule has 0 aliphatic carbocycles. The molecule has 0 radical (unpaired) electrons. The molecule has 1 atom stereocenters. The van der Waals surface area contributed by atoms with Crippen molar-refractivity contribution in [1.29, 1.82) is 0 Å². The monoisotopic (exact) mass is 331 g/mol. The molecule has 1 fully saturated rings. The van der Waals surface area contributed by atoms with Gasteiger partial charge in [-0.15, -0.1) is 0 Å². The number of likely N-dealkylation sites (tertiary alicyclic amines) is 1. The van der Waals surface area contributed by atoms with Crippen LogP contribution in [0.25, 0.3) is 11.3 Å². The van der Waals surface area contributed by atoms with Crippen LogP contribution in [0.2, 0.25) is 0 Å². The average Bonchev–Trinajstić information content (AvgIpc) is 3.19. The normalized spacial score (nSPS) is 16.8. The smallest absolute Gasteiger partial charge is 0.274 e. The molecule has 4 heterocycles. The van der Waals surface area contributed by atoms with E-state index in [0.717, 1.165) is 24.2 Å². The summed E-state index contributed by atoms with van der Waals surface area (Å²) in [7, 11) is 0. The minimum Gasteiger partial charge on any atom is -0.337 e. The Morgan fingerprint density at radius 3 is 2.68 bits per heavy atom. The van der Waals surface area contributed by atoms with E-state index >= 15 is 0 Å². The maximum absolute atomic E-state index is 12.5. The number of hydrogen-bond acceptors (Lipinski definition) is 5. The van der Waals surface area contributed by atoms with Gasteiger partial charge < -0.3 is 4.90 Å². The summed E-state index contributed by atoms with van der Waals surface area (Å²) >= 11 is 0. The summed E-state index contributed by atoms with van der Waals surface area (Å²) in [5, 5.41) is 0. The van der Waals surface area contributed by atoms with Gasteiger partial charge in [0.2, 0.25) is 0 Å². The second-order valence-corrected chi connectivity index (χ2v) is 6.04. The van der Waals surface area contributed by atoms with Crippen molar-refractivity contribution in [3.05, 3.63) is 72.7 Å². The first kappa shape index (κ1) is 15.4. The molecule has 6 heteroatoms. The number of pyridine rings is 2. The molecule has 4 rings (SSSR count). The van der Waals surface area contributed by atoms with Crippen LogP contribution in [0.3, 0.4) is 0 Å². The molecule has 1 amide bonds. The van der Waals surface area contributed by atoms with Crippen molar-refractivity contribution in [3.8, 4) is 11.3 Å². The molecule has 0 saturated carbocycles. The highest BCUT2D eigenvalue weighted by Crippen LogP contribution is 2.29. The fraction of sp³-hybridized carbons (Fsp3) is 0.211. The van der Waals surface area contributed by atoms with Crippen LogP contribution in [0.5, 0.6) is 0 Å². The Morgan fingerprint density at radius 2 is 1.88 bits per heavy atom. The number of rotatable bonds is 3. The van der Waals surface area contributed by atoms with E-state index in [2.05, 4.69) is 26.0 Å². The molecule has 0 unspecified atom stereocenters. The van der Waals surface area contributed by atoms with Crippen LogP contribution in [0.4, 0.5) is 0 Å². The first-order chi connectivity index (χ1) is 12.3. The maximum atomic E-state index is 12.5. The van der Waals surface area contributed by atoms with Gasteiger partial charge in [0, 0.05) is 55.6 Å². The molecule has 3 aromatic heterocycles. The molecule has 1 aliphatic rings. The molecular weight excluding hydrogens is 314 g/mol. The predicted molar refractivity (Wildman–Crippen MR) is 92.8 cm³/mol. The predicted octanol–water partition coefficient (Wildman–Crippen LogP) is 2.56. The Bertz CT molecular complexity index is 869. The van der Waals surface area contributed by atoms with E-state index in [9.17, 15) is 4.79 Å². The summed E-state index contributed by atoms with van der Waals surface area (Å²) in [4.78, 5) is 30.9. The Balaban J connectivity index is 1.52. The number of aromatic nitrogens is 4. The first-order valence-corrected chi connectivity index (χ1v) is 8.23. The number of nitrogens with zero attached hydrogens (tertiary/aromatic N) is 5. The molecular formula is C19H17N5O. The largest absolute Gasteiger partial charge is 0.337 e. The lowest BCUT2D eigenvalue weighted by Crippen LogP contribution is -2.29. The fourth-order valence-corrected chi connectivity index (χ4v) is 3.17. The van der Waals surface area contributed by atoms with Crippen molar-refractivity contribution in [2.75, 3.05) is 13.1 Å². The maximum Gasteiger partial charge on any atom is 0.274 e. The van der Waals surface area contributed by atoms with Crippen LogP contribution in [-0.4, -0.2) is 43.8 Å². The number of carbonyl (C=O) groups excluding carboxylic acids is 1. The zero-order valence-electron chi connectivity index (χ0n) is 13.6. The van der Waals surface area contributed by atoms with Gasteiger partial charge in [0.15, 0.2) is 0 Å². The van der Waals surface area contributed by atoms with E-state index in [4.69, 9.17) is 0 Å².